The van der Waals surface area contributed by atoms with Crippen LogP contribution in [0.4, 0.5) is 0 Å². The highest BCUT2D eigenvalue weighted by atomic mass is 32.1. The fraction of sp³-hybridized carbons (Fsp3) is 0.900. The van der Waals surface area contributed by atoms with Crippen LogP contribution in [0.25, 0.3) is 0 Å². The van der Waals surface area contributed by atoms with Crippen molar-refractivity contribution < 1.29 is 0 Å². The number of thiol groups is 1. The van der Waals surface area contributed by atoms with Gasteiger partial charge in [0.25, 0.3) is 0 Å². The van der Waals surface area contributed by atoms with Crippen molar-refractivity contribution in [3.8, 4) is 0 Å². The van der Waals surface area contributed by atoms with E-state index in [2.05, 4.69) is 31.4 Å². The van der Waals surface area contributed by atoms with Crippen LogP contribution in [-0.4, -0.2) is 22.3 Å². The highest BCUT2D eigenvalue weighted by molar-refractivity contribution is 8.10. The number of hydrogen-bond donors (Lipinski definition) is 1. The van der Waals surface area contributed by atoms with Crippen molar-refractivity contribution in [2.75, 3.05) is 13.1 Å². The van der Waals surface area contributed by atoms with Gasteiger partial charge in [-0.1, -0.05) is 45.3 Å². The summed E-state index contributed by atoms with van der Waals surface area (Å²) in [6.07, 6.45) is 6.33. The van der Waals surface area contributed by atoms with Crippen LogP contribution in [0.2, 0.25) is 0 Å². The quantitative estimate of drug-likeness (QED) is 0.397. The van der Waals surface area contributed by atoms with Gasteiger partial charge in [-0.2, -0.15) is 0 Å². The van der Waals surface area contributed by atoms with Crippen LogP contribution in [-0.2, 0) is 0 Å². The number of hydrogen-bond acceptors (Lipinski definition) is 1. The Morgan fingerprint density at radius 2 is 1.77 bits per heavy atom. The molecule has 0 aromatic carbocycles. The molecule has 0 amide bonds. The average Bonchev–Trinajstić information content (AvgIpc) is 2.10. The van der Waals surface area contributed by atoms with Crippen LogP contribution in [0.5, 0.6) is 0 Å². The average molecular weight is 219 g/mol. The minimum absolute atomic E-state index is 0.748. The van der Waals surface area contributed by atoms with Crippen LogP contribution in [0.1, 0.15) is 46.0 Å². The van der Waals surface area contributed by atoms with E-state index in [1.807, 2.05) is 0 Å². The zero-order chi connectivity index (χ0) is 10.1. The van der Waals surface area contributed by atoms with E-state index in [0.717, 1.165) is 23.8 Å². The lowest BCUT2D eigenvalue weighted by molar-refractivity contribution is 0.413. The summed E-state index contributed by atoms with van der Waals surface area (Å²) in [6, 6.07) is 0. The summed E-state index contributed by atoms with van der Waals surface area (Å²) in [5.41, 5.74) is 0. The summed E-state index contributed by atoms with van der Waals surface area (Å²) in [7, 11) is 0. The highest BCUT2D eigenvalue weighted by Crippen LogP contribution is 2.04. The van der Waals surface area contributed by atoms with Gasteiger partial charge in [-0.05, 0) is 12.8 Å². The normalized spacial score (nSPS) is 10.1. The molecule has 0 spiro atoms. The lowest BCUT2D eigenvalue weighted by Gasteiger charge is -2.21. The molecule has 0 aromatic heterocycles. The molecule has 0 N–H and O–H groups in total. The number of unbranched alkanes of at least 4 members (excludes halogenated alkanes) is 3. The van der Waals surface area contributed by atoms with E-state index in [4.69, 9.17) is 12.2 Å². The smallest absolute Gasteiger partial charge is 0.133 e. The van der Waals surface area contributed by atoms with E-state index in [1.165, 1.54) is 25.7 Å². The maximum absolute atomic E-state index is 5.05. The fourth-order valence-corrected chi connectivity index (χ4v) is 1.69. The Balaban J connectivity index is 3.51. The predicted molar refractivity (Wildman–Crippen MR) is 67.6 cm³/mol. The molecule has 0 aliphatic heterocycles. The van der Waals surface area contributed by atoms with Crippen LogP contribution in [0.15, 0.2) is 0 Å². The summed E-state index contributed by atoms with van der Waals surface area (Å²) >= 11 is 9.26. The van der Waals surface area contributed by atoms with Crippen molar-refractivity contribution in [2.24, 2.45) is 0 Å². The van der Waals surface area contributed by atoms with Gasteiger partial charge >= 0.3 is 0 Å². The van der Waals surface area contributed by atoms with Crippen LogP contribution in [0, 0.1) is 0 Å². The van der Waals surface area contributed by atoms with Crippen LogP contribution < -0.4 is 0 Å². The van der Waals surface area contributed by atoms with E-state index in [0.29, 0.717) is 0 Å². The van der Waals surface area contributed by atoms with E-state index in [-0.39, 0.29) is 0 Å². The Labute approximate surface area is 93.3 Å². The molecule has 0 unspecified atom stereocenters. The minimum atomic E-state index is 0.748. The second-order valence-electron chi connectivity index (χ2n) is 3.33. The van der Waals surface area contributed by atoms with Gasteiger partial charge in [0.15, 0.2) is 0 Å². The van der Waals surface area contributed by atoms with E-state index < -0.39 is 0 Å². The summed E-state index contributed by atoms with van der Waals surface area (Å²) in [4.78, 5) is 2.19. The lowest BCUT2D eigenvalue weighted by atomic mass is 10.2. The molecule has 0 saturated heterocycles. The molecule has 78 valence electrons. The maximum Gasteiger partial charge on any atom is 0.133 e. The third-order valence-electron chi connectivity index (χ3n) is 2.05. The van der Waals surface area contributed by atoms with Gasteiger partial charge in [0.2, 0.25) is 0 Å². The molecule has 1 nitrogen and oxygen atoms in total. The van der Waals surface area contributed by atoms with Gasteiger partial charge in [0.1, 0.15) is 4.32 Å². The van der Waals surface area contributed by atoms with Crippen molar-refractivity contribution in [3.05, 3.63) is 0 Å². The van der Waals surface area contributed by atoms with Gasteiger partial charge in [0, 0.05) is 13.1 Å². The molecule has 0 heterocycles. The molecule has 0 atom stereocenters. The Hall–Kier alpha value is 0.240. The van der Waals surface area contributed by atoms with Gasteiger partial charge in [-0.25, -0.2) is 0 Å². The number of thiocarbonyl (C=S) groups is 1. The standard InChI is InChI=1S/C10H21NS2/c1-3-5-6-7-9-11(8-4-2)10(12)13/h3-9H2,1-2H3,(H,12,13). The highest BCUT2D eigenvalue weighted by Gasteiger charge is 2.03. The van der Waals surface area contributed by atoms with Crippen molar-refractivity contribution in [1.29, 1.82) is 0 Å². The Kier molecular flexibility index (Phi) is 8.98. The van der Waals surface area contributed by atoms with E-state index >= 15 is 0 Å². The lowest BCUT2D eigenvalue weighted by Crippen LogP contribution is -2.27. The molecule has 0 saturated carbocycles. The maximum atomic E-state index is 5.05. The van der Waals surface area contributed by atoms with Gasteiger partial charge in [-0.3, -0.25) is 0 Å². The second-order valence-corrected chi connectivity index (χ2v) is 4.44. The number of rotatable bonds is 7. The third-order valence-corrected chi connectivity index (χ3v) is 2.59. The molecule has 13 heavy (non-hydrogen) atoms. The first-order chi connectivity index (χ1) is 6.22. The number of nitrogens with zero attached hydrogens (tertiary/aromatic N) is 1. The summed E-state index contributed by atoms with van der Waals surface area (Å²) in [5, 5.41) is 0. The SMILES string of the molecule is CCCCCCN(CCC)C(=S)S. The van der Waals surface area contributed by atoms with Crippen molar-refractivity contribution in [1.82, 2.24) is 4.90 Å². The molecule has 0 fully saturated rings. The first-order valence-electron chi connectivity index (χ1n) is 5.20. The molecule has 0 rings (SSSR count). The largest absolute Gasteiger partial charge is 0.358 e. The first-order valence-corrected chi connectivity index (χ1v) is 6.05. The van der Waals surface area contributed by atoms with Gasteiger partial charge < -0.3 is 4.90 Å². The topological polar surface area (TPSA) is 3.24 Å². The zero-order valence-corrected chi connectivity index (χ0v) is 10.5. The molecular weight excluding hydrogens is 198 g/mol. The molecule has 3 heteroatoms. The minimum Gasteiger partial charge on any atom is -0.358 e. The molecule has 0 aliphatic rings. The monoisotopic (exact) mass is 219 g/mol. The molecular formula is C10H21NS2. The van der Waals surface area contributed by atoms with Crippen LogP contribution in [0.3, 0.4) is 0 Å². The van der Waals surface area contributed by atoms with Gasteiger partial charge in [-0.15, -0.1) is 12.6 Å². The van der Waals surface area contributed by atoms with Crippen molar-refractivity contribution >= 4 is 29.2 Å². The van der Waals surface area contributed by atoms with Crippen LogP contribution >= 0.6 is 24.8 Å². The van der Waals surface area contributed by atoms with Crippen molar-refractivity contribution in [3.63, 3.8) is 0 Å². The Morgan fingerprint density at radius 1 is 1.08 bits per heavy atom. The molecule has 0 aliphatic carbocycles. The summed E-state index contributed by atoms with van der Waals surface area (Å²) in [6.45, 7) is 6.53. The Bertz CT molecular complexity index is 137. The Morgan fingerprint density at radius 3 is 2.23 bits per heavy atom. The fourth-order valence-electron chi connectivity index (χ4n) is 1.30. The van der Waals surface area contributed by atoms with Gasteiger partial charge in [0.05, 0.1) is 0 Å². The second kappa shape index (κ2) is 8.82. The zero-order valence-electron chi connectivity index (χ0n) is 8.75. The van der Waals surface area contributed by atoms with Crippen molar-refractivity contribution in [2.45, 2.75) is 46.0 Å². The molecule has 0 bridgehead atoms. The summed E-state index contributed by atoms with van der Waals surface area (Å²) < 4.78 is 0.748. The van der Waals surface area contributed by atoms with E-state index in [1.54, 1.807) is 0 Å². The molecule has 0 radical (unpaired) electrons. The predicted octanol–water partition coefficient (Wildman–Crippen LogP) is 3.49. The third kappa shape index (κ3) is 7.32. The first kappa shape index (κ1) is 13.2. The van der Waals surface area contributed by atoms with E-state index in [9.17, 15) is 0 Å². The molecule has 0 aromatic rings. The summed E-state index contributed by atoms with van der Waals surface area (Å²) in [5.74, 6) is 0.